The van der Waals surface area contributed by atoms with E-state index in [1.54, 1.807) is 6.92 Å². The van der Waals surface area contributed by atoms with Crippen LogP contribution in [0.2, 0.25) is 10.0 Å². The number of rotatable bonds is 8. The summed E-state index contributed by atoms with van der Waals surface area (Å²) in [7, 11) is 1.33. The molecule has 0 atom stereocenters. The predicted octanol–water partition coefficient (Wildman–Crippen LogP) is 5.09. The van der Waals surface area contributed by atoms with Gasteiger partial charge in [-0.1, -0.05) is 23.2 Å². The number of carbonyl (C=O) groups excluding carboxylic acids is 2. The van der Waals surface area contributed by atoms with Gasteiger partial charge in [0.25, 0.3) is 5.69 Å². The quantitative estimate of drug-likeness (QED) is 0.165. The highest BCUT2D eigenvalue weighted by Gasteiger charge is 2.22. The van der Waals surface area contributed by atoms with E-state index in [0.29, 0.717) is 10.6 Å². The van der Waals surface area contributed by atoms with Crippen molar-refractivity contribution < 1.29 is 28.9 Å². The summed E-state index contributed by atoms with van der Waals surface area (Å²) in [5.41, 5.74) is 1.92. The van der Waals surface area contributed by atoms with Crippen molar-refractivity contribution >= 4 is 57.8 Å². The first-order valence-corrected chi connectivity index (χ1v) is 11.2. The molecule has 0 saturated carbocycles. The summed E-state index contributed by atoms with van der Waals surface area (Å²) in [6.07, 6.45) is 0. The highest BCUT2D eigenvalue weighted by molar-refractivity contribution is 6.42. The number of benzene rings is 3. The van der Waals surface area contributed by atoms with E-state index < -0.39 is 33.0 Å². The number of halogens is 2. The largest absolute Gasteiger partial charge is 0.493 e. The Morgan fingerprint density at radius 3 is 2.26 bits per heavy atom. The maximum Gasteiger partial charge on any atom is 0.329 e. The second kappa shape index (κ2) is 12.0. The lowest BCUT2D eigenvalue weighted by molar-refractivity contribution is -0.394. The van der Waals surface area contributed by atoms with Crippen LogP contribution in [0.25, 0.3) is 0 Å². The Kier molecular flexibility index (Phi) is 8.78. The average molecular weight is 562 g/mol. The van der Waals surface area contributed by atoms with Gasteiger partial charge in [0.15, 0.2) is 11.5 Å². The monoisotopic (exact) mass is 561 g/mol. The molecule has 0 unspecified atom stereocenters. The van der Waals surface area contributed by atoms with E-state index in [4.69, 9.17) is 32.7 Å². The normalized spacial score (nSPS) is 10.9. The molecule has 0 aliphatic carbocycles. The molecule has 2 amide bonds. The lowest BCUT2D eigenvalue weighted by Crippen LogP contribution is -2.33. The molecule has 2 N–H and O–H groups in total. The van der Waals surface area contributed by atoms with Crippen LogP contribution in [0.4, 0.5) is 17.1 Å². The number of nitro benzene ring substituents is 2. The molecule has 0 aliphatic rings. The number of hydrazone groups is 1. The van der Waals surface area contributed by atoms with Crippen molar-refractivity contribution in [1.82, 2.24) is 5.43 Å². The lowest BCUT2D eigenvalue weighted by Gasteiger charge is -2.12. The SMILES string of the molecule is COc1cc(/C(C)=N/NC(=O)C(=O)Nc2cc(Cl)ccc2Cl)ccc1Oc1ccc([N+](=O)[O-])cc1[N+](=O)[O-]. The van der Waals surface area contributed by atoms with E-state index in [0.717, 1.165) is 18.2 Å². The zero-order valence-corrected chi connectivity index (χ0v) is 21.1. The number of nitrogens with one attached hydrogen (secondary N) is 2. The van der Waals surface area contributed by atoms with E-state index in [1.165, 1.54) is 43.5 Å². The third-order valence-electron chi connectivity index (χ3n) is 4.86. The topological polar surface area (TPSA) is 175 Å². The maximum atomic E-state index is 12.2. The third kappa shape index (κ3) is 6.72. The number of nitrogens with zero attached hydrogens (tertiary/aromatic N) is 3. The molecule has 3 aromatic rings. The van der Waals surface area contributed by atoms with Gasteiger partial charge in [-0.15, -0.1) is 0 Å². The molecule has 0 bridgehead atoms. The Morgan fingerprint density at radius 2 is 1.61 bits per heavy atom. The van der Waals surface area contributed by atoms with Crippen LogP contribution in [-0.4, -0.2) is 34.5 Å². The van der Waals surface area contributed by atoms with Gasteiger partial charge in [-0.25, -0.2) is 5.43 Å². The van der Waals surface area contributed by atoms with Gasteiger partial charge >= 0.3 is 17.5 Å². The fourth-order valence-corrected chi connectivity index (χ4v) is 3.30. The van der Waals surface area contributed by atoms with Gasteiger partial charge in [0, 0.05) is 16.7 Å². The van der Waals surface area contributed by atoms with Gasteiger partial charge in [0.1, 0.15) is 0 Å². The minimum atomic E-state index is -1.07. The number of anilines is 1. The number of carbonyl (C=O) groups is 2. The highest BCUT2D eigenvalue weighted by atomic mass is 35.5. The Balaban J connectivity index is 1.75. The van der Waals surface area contributed by atoms with Crippen LogP contribution in [-0.2, 0) is 9.59 Å². The number of amides is 2. The molecule has 196 valence electrons. The molecule has 0 heterocycles. The fraction of sp³-hybridized carbons (Fsp3) is 0.0870. The zero-order valence-electron chi connectivity index (χ0n) is 19.6. The van der Waals surface area contributed by atoms with Gasteiger partial charge in [-0.05, 0) is 49.4 Å². The summed E-state index contributed by atoms with van der Waals surface area (Å²) < 4.78 is 10.9. The van der Waals surface area contributed by atoms with Crippen LogP contribution in [0.15, 0.2) is 59.7 Å². The van der Waals surface area contributed by atoms with E-state index >= 15 is 0 Å². The van der Waals surface area contributed by atoms with Crippen LogP contribution in [0.1, 0.15) is 12.5 Å². The number of nitro groups is 2. The summed E-state index contributed by atoms with van der Waals surface area (Å²) in [5.74, 6) is -2.13. The van der Waals surface area contributed by atoms with Crippen molar-refractivity contribution in [2.24, 2.45) is 5.10 Å². The van der Waals surface area contributed by atoms with Crippen molar-refractivity contribution in [2.45, 2.75) is 6.92 Å². The molecule has 13 nitrogen and oxygen atoms in total. The number of ether oxygens (including phenoxy) is 2. The Bertz CT molecular complexity index is 1480. The molecule has 0 radical (unpaired) electrons. The molecule has 3 rings (SSSR count). The second-order valence-corrected chi connectivity index (χ2v) is 8.19. The zero-order chi connectivity index (χ0) is 28.0. The van der Waals surface area contributed by atoms with Crippen LogP contribution in [0.3, 0.4) is 0 Å². The third-order valence-corrected chi connectivity index (χ3v) is 5.42. The highest BCUT2D eigenvalue weighted by Crippen LogP contribution is 2.38. The number of hydrogen-bond donors (Lipinski definition) is 2. The molecule has 0 fully saturated rings. The van der Waals surface area contributed by atoms with Gasteiger partial charge in [-0.2, -0.15) is 5.10 Å². The smallest absolute Gasteiger partial charge is 0.329 e. The van der Waals surface area contributed by atoms with Crippen LogP contribution < -0.4 is 20.2 Å². The van der Waals surface area contributed by atoms with Crippen molar-refractivity contribution in [2.75, 3.05) is 12.4 Å². The molecular formula is C23H17Cl2N5O8. The van der Waals surface area contributed by atoms with Gasteiger partial charge in [0.2, 0.25) is 5.75 Å². The lowest BCUT2D eigenvalue weighted by atomic mass is 10.1. The molecule has 3 aromatic carbocycles. The van der Waals surface area contributed by atoms with Gasteiger partial charge < -0.3 is 14.8 Å². The summed E-state index contributed by atoms with van der Waals surface area (Å²) in [6.45, 7) is 1.54. The maximum absolute atomic E-state index is 12.2. The average Bonchev–Trinajstić information content (AvgIpc) is 2.89. The summed E-state index contributed by atoms with van der Waals surface area (Å²) in [6, 6.07) is 11.7. The molecule has 0 spiro atoms. The minimum absolute atomic E-state index is 0.0721. The van der Waals surface area contributed by atoms with E-state index in [9.17, 15) is 29.8 Å². The molecule has 0 aliphatic heterocycles. The van der Waals surface area contributed by atoms with Crippen molar-refractivity contribution in [3.05, 3.63) is 90.4 Å². The summed E-state index contributed by atoms with van der Waals surface area (Å²) >= 11 is 11.8. The first kappa shape index (κ1) is 27.8. The van der Waals surface area contributed by atoms with E-state index in [-0.39, 0.29) is 33.7 Å². The van der Waals surface area contributed by atoms with E-state index in [1.807, 2.05) is 0 Å². The van der Waals surface area contributed by atoms with Crippen LogP contribution >= 0.6 is 23.2 Å². The Hall–Kier alpha value is -4.75. The van der Waals surface area contributed by atoms with Crippen LogP contribution in [0.5, 0.6) is 17.2 Å². The van der Waals surface area contributed by atoms with Crippen molar-refractivity contribution in [3.63, 3.8) is 0 Å². The predicted molar refractivity (Wildman–Crippen MR) is 138 cm³/mol. The fourth-order valence-electron chi connectivity index (χ4n) is 2.97. The molecule has 0 saturated heterocycles. The molecule has 0 aromatic heterocycles. The second-order valence-electron chi connectivity index (χ2n) is 7.35. The number of methoxy groups -OCH3 is 1. The van der Waals surface area contributed by atoms with E-state index in [2.05, 4.69) is 15.8 Å². The van der Waals surface area contributed by atoms with Gasteiger partial charge in [-0.3, -0.25) is 29.8 Å². The molecular weight excluding hydrogens is 545 g/mol. The minimum Gasteiger partial charge on any atom is -0.493 e. The molecule has 15 heteroatoms. The standard InChI is InChI=1S/C23H17Cl2N5O8/c1-12(27-28-23(32)22(31)26-17-10-14(24)4-6-16(17)25)13-3-7-20(21(9-13)37-2)38-19-8-5-15(29(33)34)11-18(19)30(35)36/h3-11H,1-2H3,(H,26,31)(H,28,32)/b27-12+. The summed E-state index contributed by atoms with van der Waals surface area (Å²) in [5, 5.41) is 29.0. The number of hydrogen-bond acceptors (Lipinski definition) is 9. The molecule has 38 heavy (non-hydrogen) atoms. The first-order chi connectivity index (χ1) is 18.0. The Morgan fingerprint density at radius 1 is 0.895 bits per heavy atom. The number of non-ortho nitro benzene ring substituents is 1. The van der Waals surface area contributed by atoms with Crippen molar-refractivity contribution in [1.29, 1.82) is 0 Å². The van der Waals surface area contributed by atoms with Gasteiger partial charge in [0.05, 0.1) is 39.4 Å². The Labute approximate surface area is 224 Å². The van der Waals surface area contributed by atoms with Crippen molar-refractivity contribution in [3.8, 4) is 17.2 Å². The van der Waals surface area contributed by atoms with Crippen LogP contribution in [0, 0.1) is 20.2 Å². The summed E-state index contributed by atoms with van der Waals surface area (Å²) in [4.78, 5) is 45.1. The first-order valence-electron chi connectivity index (χ1n) is 10.4.